The van der Waals surface area contributed by atoms with E-state index in [0.29, 0.717) is 11.1 Å². The first-order valence-electron chi connectivity index (χ1n) is 6.36. The molecule has 0 aliphatic rings. The van der Waals surface area contributed by atoms with Gasteiger partial charge >= 0.3 is 0 Å². The van der Waals surface area contributed by atoms with Gasteiger partial charge in [0.05, 0.1) is 0 Å². The Morgan fingerprint density at radius 3 is 2.50 bits per heavy atom. The van der Waals surface area contributed by atoms with Crippen LogP contribution in [-0.4, -0.2) is 10.9 Å². The lowest BCUT2D eigenvalue weighted by molar-refractivity contribution is 0.103. The van der Waals surface area contributed by atoms with Crippen LogP contribution >= 0.6 is 0 Å². The normalized spacial score (nSPS) is 10.4. The third kappa shape index (κ3) is 2.38. The van der Waals surface area contributed by atoms with E-state index in [1.165, 1.54) is 6.26 Å². The molecule has 0 fully saturated rings. The van der Waals surface area contributed by atoms with Gasteiger partial charge in [-0.2, -0.15) is 0 Å². The van der Waals surface area contributed by atoms with Crippen molar-refractivity contribution in [3.05, 3.63) is 77.6 Å². The molecule has 3 nitrogen and oxygen atoms in total. The van der Waals surface area contributed by atoms with Crippen LogP contribution in [0, 0.1) is 6.92 Å². The molecule has 0 bridgehead atoms. The van der Waals surface area contributed by atoms with Crippen molar-refractivity contribution in [1.82, 2.24) is 5.16 Å². The quantitative estimate of drug-likeness (QED) is 0.673. The molecular formula is C17H13NO2. The summed E-state index contributed by atoms with van der Waals surface area (Å²) in [6.45, 7) is 2.00. The fourth-order valence-corrected chi connectivity index (χ4v) is 2.05. The van der Waals surface area contributed by atoms with Gasteiger partial charge in [-0.25, -0.2) is 0 Å². The number of aryl methyl sites for hydroxylation is 1. The van der Waals surface area contributed by atoms with Crippen molar-refractivity contribution in [1.29, 1.82) is 0 Å². The van der Waals surface area contributed by atoms with E-state index in [0.717, 1.165) is 16.8 Å². The van der Waals surface area contributed by atoms with Crippen LogP contribution in [0.4, 0.5) is 0 Å². The van der Waals surface area contributed by atoms with Crippen LogP contribution in [0.2, 0.25) is 0 Å². The molecule has 98 valence electrons. The molecule has 20 heavy (non-hydrogen) atoms. The summed E-state index contributed by atoms with van der Waals surface area (Å²) < 4.78 is 4.83. The van der Waals surface area contributed by atoms with Crippen molar-refractivity contribution < 1.29 is 9.32 Å². The van der Waals surface area contributed by atoms with Crippen LogP contribution in [-0.2, 0) is 0 Å². The molecule has 0 aliphatic heterocycles. The molecule has 1 aromatic heterocycles. The Balaban J connectivity index is 1.96. The Labute approximate surface area is 116 Å². The van der Waals surface area contributed by atoms with Gasteiger partial charge in [0.1, 0.15) is 12.0 Å². The molecular weight excluding hydrogens is 250 g/mol. The van der Waals surface area contributed by atoms with Crippen molar-refractivity contribution >= 4 is 5.78 Å². The summed E-state index contributed by atoms with van der Waals surface area (Å²) in [6.07, 6.45) is 1.52. The first-order chi connectivity index (χ1) is 9.74. The van der Waals surface area contributed by atoms with Crippen LogP contribution in [0.5, 0.6) is 0 Å². The minimum atomic E-state index is 0.00958. The van der Waals surface area contributed by atoms with E-state index in [2.05, 4.69) is 5.16 Å². The molecule has 0 amide bonds. The number of carbonyl (C=O) groups excluding carboxylic acids is 1. The number of carbonyl (C=O) groups is 1. The third-order valence-corrected chi connectivity index (χ3v) is 3.17. The van der Waals surface area contributed by atoms with Gasteiger partial charge in [0.25, 0.3) is 0 Å². The number of rotatable bonds is 3. The van der Waals surface area contributed by atoms with Crippen molar-refractivity contribution in [2.24, 2.45) is 0 Å². The Bertz CT molecular complexity index is 728. The highest BCUT2D eigenvalue weighted by atomic mass is 16.5. The number of nitrogens with zero attached hydrogens (tertiary/aromatic N) is 1. The van der Waals surface area contributed by atoms with Crippen molar-refractivity contribution in [3.63, 3.8) is 0 Å². The third-order valence-electron chi connectivity index (χ3n) is 3.17. The lowest BCUT2D eigenvalue weighted by Gasteiger charge is -2.03. The molecule has 0 unspecified atom stereocenters. The van der Waals surface area contributed by atoms with Crippen LogP contribution in [0.25, 0.3) is 11.3 Å². The predicted molar refractivity (Wildman–Crippen MR) is 76.6 cm³/mol. The number of ketones is 1. The number of aromatic nitrogens is 1. The summed E-state index contributed by atoms with van der Waals surface area (Å²) in [5.41, 5.74) is 4.07. The van der Waals surface area contributed by atoms with Crippen molar-refractivity contribution in [2.45, 2.75) is 6.92 Å². The molecule has 0 radical (unpaired) electrons. The molecule has 0 atom stereocenters. The SMILES string of the molecule is Cc1ccc(C(=O)c2cccc(-c3ccon3)c2)cc1. The Morgan fingerprint density at radius 2 is 1.80 bits per heavy atom. The number of hydrogen-bond donors (Lipinski definition) is 0. The van der Waals surface area contributed by atoms with Gasteiger partial charge in [0, 0.05) is 22.8 Å². The summed E-state index contributed by atoms with van der Waals surface area (Å²) in [6, 6.07) is 16.8. The van der Waals surface area contributed by atoms with Gasteiger partial charge in [-0.1, -0.05) is 53.2 Å². The molecule has 3 aromatic rings. The average molecular weight is 263 g/mol. The Morgan fingerprint density at radius 1 is 1.00 bits per heavy atom. The zero-order chi connectivity index (χ0) is 13.9. The monoisotopic (exact) mass is 263 g/mol. The summed E-state index contributed by atoms with van der Waals surface area (Å²) in [5, 5.41) is 3.88. The second-order valence-corrected chi connectivity index (χ2v) is 4.66. The van der Waals surface area contributed by atoms with Gasteiger partial charge in [-0.15, -0.1) is 0 Å². The summed E-state index contributed by atoms with van der Waals surface area (Å²) in [5.74, 6) is 0.00958. The second kappa shape index (κ2) is 5.13. The topological polar surface area (TPSA) is 43.1 Å². The largest absolute Gasteiger partial charge is 0.364 e. The number of benzene rings is 2. The van der Waals surface area contributed by atoms with Gasteiger partial charge < -0.3 is 4.52 Å². The highest BCUT2D eigenvalue weighted by Gasteiger charge is 2.10. The predicted octanol–water partition coefficient (Wildman–Crippen LogP) is 3.88. The molecule has 0 aliphatic carbocycles. The molecule has 2 aromatic carbocycles. The molecule has 0 N–H and O–H groups in total. The summed E-state index contributed by atoms with van der Waals surface area (Å²) in [4.78, 5) is 12.4. The Kier molecular flexibility index (Phi) is 3.17. The van der Waals surface area contributed by atoms with E-state index in [-0.39, 0.29) is 5.78 Å². The standard InChI is InChI=1S/C17H13NO2/c1-12-5-7-13(8-6-12)17(19)15-4-2-3-14(11-15)16-9-10-20-18-16/h2-11H,1H3. The maximum Gasteiger partial charge on any atom is 0.193 e. The molecule has 3 heteroatoms. The maximum atomic E-state index is 12.4. The average Bonchev–Trinajstić information content (AvgIpc) is 3.02. The van der Waals surface area contributed by atoms with E-state index < -0.39 is 0 Å². The molecule has 0 spiro atoms. The van der Waals surface area contributed by atoms with Gasteiger partial charge in [0.15, 0.2) is 5.78 Å². The van der Waals surface area contributed by atoms with Crippen LogP contribution < -0.4 is 0 Å². The van der Waals surface area contributed by atoms with E-state index in [1.54, 1.807) is 6.07 Å². The van der Waals surface area contributed by atoms with Crippen LogP contribution in [0.3, 0.4) is 0 Å². The lowest BCUT2D eigenvalue weighted by atomic mass is 10.00. The smallest absolute Gasteiger partial charge is 0.193 e. The molecule has 0 saturated heterocycles. The van der Waals surface area contributed by atoms with E-state index >= 15 is 0 Å². The summed E-state index contributed by atoms with van der Waals surface area (Å²) in [7, 11) is 0. The first-order valence-corrected chi connectivity index (χ1v) is 6.36. The van der Waals surface area contributed by atoms with E-state index in [9.17, 15) is 4.79 Å². The second-order valence-electron chi connectivity index (χ2n) is 4.66. The fraction of sp³-hybridized carbons (Fsp3) is 0.0588. The number of hydrogen-bond acceptors (Lipinski definition) is 3. The first kappa shape index (κ1) is 12.4. The van der Waals surface area contributed by atoms with Crippen LogP contribution in [0.15, 0.2) is 65.4 Å². The lowest BCUT2D eigenvalue weighted by Crippen LogP contribution is -2.01. The van der Waals surface area contributed by atoms with Crippen LogP contribution in [0.1, 0.15) is 21.5 Å². The van der Waals surface area contributed by atoms with E-state index in [1.807, 2.05) is 55.5 Å². The Hall–Kier alpha value is -2.68. The van der Waals surface area contributed by atoms with Crippen molar-refractivity contribution in [2.75, 3.05) is 0 Å². The zero-order valence-electron chi connectivity index (χ0n) is 11.0. The highest BCUT2D eigenvalue weighted by Crippen LogP contribution is 2.20. The van der Waals surface area contributed by atoms with Gasteiger partial charge in [0.2, 0.25) is 0 Å². The van der Waals surface area contributed by atoms with Gasteiger partial charge in [-0.05, 0) is 13.0 Å². The summed E-state index contributed by atoms with van der Waals surface area (Å²) >= 11 is 0. The van der Waals surface area contributed by atoms with Gasteiger partial charge in [-0.3, -0.25) is 4.79 Å². The highest BCUT2D eigenvalue weighted by molar-refractivity contribution is 6.09. The zero-order valence-corrected chi connectivity index (χ0v) is 11.0. The minimum absolute atomic E-state index is 0.00958. The minimum Gasteiger partial charge on any atom is -0.364 e. The molecule has 3 rings (SSSR count). The fourth-order valence-electron chi connectivity index (χ4n) is 2.05. The van der Waals surface area contributed by atoms with E-state index in [4.69, 9.17) is 4.52 Å². The molecule has 1 heterocycles. The van der Waals surface area contributed by atoms with Crippen molar-refractivity contribution in [3.8, 4) is 11.3 Å². The molecule has 0 saturated carbocycles. The maximum absolute atomic E-state index is 12.4.